The second-order valence-electron chi connectivity index (χ2n) is 6.13. The lowest BCUT2D eigenvalue weighted by atomic mass is 10.1. The zero-order valence-corrected chi connectivity index (χ0v) is 14.3. The van der Waals surface area contributed by atoms with Crippen LogP contribution in [-0.4, -0.2) is 15.6 Å². The van der Waals surface area contributed by atoms with Crippen LogP contribution in [-0.2, 0) is 17.1 Å². The van der Waals surface area contributed by atoms with E-state index < -0.39 is 23.2 Å². The first-order valence-electron chi connectivity index (χ1n) is 8.02. The number of fused-ring (bicyclic) bond motifs is 1. The molecule has 0 atom stereocenters. The van der Waals surface area contributed by atoms with E-state index in [1.54, 1.807) is 49.4 Å². The Labute approximate surface area is 148 Å². The Hall–Kier alpha value is -3.09. The minimum atomic E-state index is -3.41. The largest absolute Gasteiger partial charge is 0.303 e. The fourth-order valence-electron chi connectivity index (χ4n) is 2.70. The summed E-state index contributed by atoms with van der Waals surface area (Å²) in [5.74, 6) is -4.79. The highest BCUT2D eigenvalue weighted by Gasteiger charge is 2.32. The van der Waals surface area contributed by atoms with Gasteiger partial charge in [0.1, 0.15) is 0 Å². The number of nitrogens with zero attached hydrogens (tertiary/aromatic N) is 2. The van der Waals surface area contributed by atoms with Gasteiger partial charge in [-0.05, 0) is 24.1 Å². The van der Waals surface area contributed by atoms with Crippen LogP contribution in [0.4, 0.5) is 8.78 Å². The van der Waals surface area contributed by atoms with Crippen molar-refractivity contribution in [3.8, 4) is 0 Å². The standard InChI is InChI=1S/C19H17F2N3O2/c1-12-7-6-10-14-16(12)22-18(19(2,20)21)24(17(14)26)23-15(25)11-13-8-4-3-5-9-13/h3-10H,11H2,1-2H3,(H,23,25). The number of aromatic nitrogens is 2. The highest BCUT2D eigenvalue weighted by molar-refractivity contribution is 5.87. The zero-order valence-electron chi connectivity index (χ0n) is 14.3. The number of alkyl halides is 2. The van der Waals surface area contributed by atoms with Gasteiger partial charge >= 0.3 is 5.92 Å². The van der Waals surface area contributed by atoms with Crippen LogP contribution in [0.15, 0.2) is 53.3 Å². The first-order valence-corrected chi connectivity index (χ1v) is 8.02. The number of aryl methyl sites for hydroxylation is 1. The predicted octanol–water partition coefficient (Wildman–Crippen LogP) is 3.13. The minimum Gasteiger partial charge on any atom is -0.273 e. The third-order valence-corrected chi connectivity index (χ3v) is 3.94. The Balaban J connectivity index is 2.08. The summed E-state index contributed by atoms with van der Waals surface area (Å²) in [6.07, 6.45) is -0.0478. The van der Waals surface area contributed by atoms with Gasteiger partial charge in [-0.25, -0.2) is 4.98 Å². The fourth-order valence-corrected chi connectivity index (χ4v) is 2.70. The number of carbonyl (C=O) groups is 1. The summed E-state index contributed by atoms with van der Waals surface area (Å²) in [5.41, 5.74) is 3.03. The van der Waals surface area contributed by atoms with Gasteiger partial charge in [-0.3, -0.25) is 15.0 Å². The van der Waals surface area contributed by atoms with Crippen molar-refractivity contribution in [3.63, 3.8) is 0 Å². The number of carbonyl (C=O) groups excluding carboxylic acids is 1. The van der Waals surface area contributed by atoms with Crippen LogP contribution in [0.2, 0.25) is 0 Å². The van der Waals surface area contributed by atoms with Gasteiger partial charge in [0.15, 0.2) is 0 Å². The van der Waals surface area contributed by atoms with Crippen molar-refractivity contribution in [2.24, 2.45) is 0 Å². The number of hydrogen-bond acceptors (Lipinski definition) is 3. The number of rotatable bonds is 4. The molecule has 3 rings (SSSR count). The average molecular weight is 357 g/mol. The molecule has 134 valence electrons. The van der Waals surface area contributed by atoms with Crippen molar-refractivity contribution >= 4 is 16.8 Å². The second-order valence-corrected chi connectivity index (χ2v) is 6.13. The number of halogens is 2. The van der Waals surface area contributed by atoms with Crippen molar-refractivity contribution in [1.82, 2.24) is 9.66 Å². The van der Waals surface area contributed by atoms with Crippen molar-refractivity contribution in [3.05, 3.63) is 75.8 Å². The van der Waals surface area contributed by atoms with E-state index >= 15 is 0 Å². The van der Waals surface area contributed by atoms with E-state index in [9.17, 15) is 18.4 Å². The number of benzene rings is 2. The summed E-state index contributed by atoms with van der Waals surface area (Å²) in [6.45, 7) is 2.32. The number of nitrogens with one attached hydrogen (secondary N) is 1. The van der Waals surface area contributed by atoms with E-state index in [4.69, 9.17) is 0 Å². The monoisotopic (exact) mass is 357 g/mol. The van der Waals surface area contributed by atoms with Crippen molar-refractivity contribution in [2.75, 3.05) is 5.43 Å². The van der Waals surface area contributed by atoms with E-state index in [1.807, 2.05) is 0 Å². The van der Waals surface area contributed by atoms with Gasteiger partial charge in [-0.2, -0.15) is 13.5 Å². The lowest BCUT2D eigenvalue weighted by Gasteiger charge is -2.18. The summed E-state index contributed by atoms with van der Waals surface area (Å²) in [7, 11) is 0. The van der Waals surface area contributed by atoms with Crippen LogP contribution < -0.4 is 11.0 Å². The Bertz CT molecular complexity index is 1020. The average Bonchev–Trinajstić information content (AvgIpc) is 2.57. The molecule has 0 unspecified atom stereocenters. The zero-order chi connectivity index (χ0) is 18.9. The van der Waals surface area contributed by atoms with Crippen LogP contribution in [0.25, 0.3) is 10.9 Å². The normalized spacial score (nSPS) is 11.5. The SMILES string of the molecule is Cc1cccc2c(=O)n(NC(=O)Cc3ccccc3)c(C(C)(F)F)nc12. The number of hydrogen-bond donors (Lipinski definition) is 1. The third-order valence-electron chi connectivity index (χ3n) is 3.94. The molecule has 1 aromatic heterocycles. The van der Waals surface area contributed by atoms with Gasteiger partial charge < -0.3 is 0 Å². The Kier molecular flexibility index (Phi) is 4.54. The maximum absolute atomic E-state index is 14.1. The first kappa shape index (κ1) is 17.7. The molecule has 0 radical (unpaired) electrons. The molecule has 0 saturated heterocycles. The Morgan fingerprint density at radius 1 is 1.15 bits per heavy atom. The Morgan fingerprint density at radius 2 is 1.85 bits per heavy atom. The van der Waals surface area contributed by atoms with Crippen molar-refractivity contribution < 1.29 is 13.6 Å². The summed E-state index contributed by atoms with van der Waals surface area (Å²) in [4.78, 5) is 28.9. The van der Waals surface area contributed by atoms with Crippen LogP contribution in [0.3, 0.4) is 0 Å². The molecule has 1 N–H and O–H groups in total. The van der Waals surface area contributed by atoms with Crippen molar-refractivity contribution in [1.29, 1.82) is 0 Å². The van der Waals surface area contributed by atoms with E-state index in [0.717, 1.165) is 0 Å². The smallest absolute Gasteiger partial charge is 0.273 e. The second kappa shape index (κ2) is 6.67. The number of amides is 1. The van der Waals surface area contributed by atoms with Gasteiger partial charge in [0, 0.05) is 6.92 Å². The molecule has 0 fully saturated rings. The molecule has 0 aliphatic carbocycles. The van der Waals surface area contributed by atoms with Gasteiger partial charge in [0.2, 0.25) is 11.7 Å². The number of para-hydroxylation sites is 1. The molecule has 3 aromatic rings. The lowest BCUT2D eigenvalue weighted by Crippen LogP contribution is -2.39. The van der Waals surface area contributed by atoms with Crippen LogP contribution >= 0.6 is 0 Å². The quantitative estimate of drug-likeness (QED) is 0.780. The predicted molar refractivity (Wildman–Crippen MR) is 94.8 cm³/mol. The molecule has 0 saturated carbocycles. The van der Waals surface area contributed by atoms with Gasteiger partial charge in [0.05, 0.1) is 17.3 Å². The molecule has 0 aliphatic rings. The van der Waals surface area contributed by atoms with E-state index in [0.29, 0.717) is 22.7 Å². The van der Waals surface area contributed by atoms with E-state index in [2.05, 4.69) is 10.4 Å². The molecule has 0 spiro atoms. The molecule has 0 aliphatic heterocycles. The highest BCUT2D eigenvalue weighted by Crippen LogP contribution is 2.26. The third kappa shape index (κ3) is 3.46. The molecule has 0 bridgehead atoms. The highest BCUT2D eigenvalue weighted by atomic mass is 19.3. The first-order chi connectivity index (χ1) is 12.3. The van der Waals surface area contributed by atoms with Crippen LogP contribution in [0, 0.1) is 6.92 Å². The summed E-state index contributed by atoms with van der Waals surface area (Å²) < 4.78 is 28.7. The molecule has 1 amide bonds. The minimum absolute atomic E-state index is 0.0478. The fraction of sp³-hybridized carbons (Fsp3) is 0.211. The molecule has 7 heteroatoms. The maximum atomic E-state index is 14.1. The van der Waals surface area contributed by atoms with Crippen LogP contribution in [0.1, 0.15) is 23.9 Å². The summed E-state index contributed by atoms with van der Waals surface area (Å²) >= 11 is 0. The molecule has 5 nitrogen and oxygen atoms in total. The molecule has 1 heterocycles. The van der Waals surface area contributed by atoms with E-state index in [-0.39, 0.29) is 17.3 Å². The van der Waals surface area contributed by atoms with Crippen LogP contribution in [0.5, 0.6) is 0 Å². The molecule has 2 aromatic carbocycles. The molecular formula is C19H17F2N3O2. The van der Waals surface area contributed by atoms with Gasteiger partial charge in [-0.15, -0.1) is 0 Å². The summed E-state index contributed by atoms with van der Waals surface area (Å²) in [6, 6.07) is 13.6. The lowest BCUT2D eigenvalue weighted by molar-refractivity contribution is -0.116. The van der Waals surface area contributed by atoms with Crippen molar-refractivity contribution in [2.45, 2.75) is 26.2 Å². The van der Waals surface area contributed by atoms with E-state index in [1.165, 1.54) is 6.07 Å². The maximum Gasteiger partial charge on any atom is 0.303 e. The van der Waals surface area contributed by atoms with Gasteiger partial charge in [0.25, 0.3) is 5.56 Å². The van der Waals surface area contributed by atoms with Gasteiger partial charge in [-0.1, -0.05) is 42.5 Å². The molecule has 26 heavy (non-hydrogen) atoms. The topological polar surface area (TPSA) is 64.0 Å². The molecular weight excluding hydrogens is 340 g/mol. The summed E-state index contributed by atoms with van der Waals surface area (Å²) in [5, 5.41) is 0.165. The Morgan fingerprint density at radius 3 is 2.50 bits per heavy atom.